The van der Waals surface area contributed by atoms with Gasteiger partial charge in [-0.1, -0.05) is 36.7 Å². The molecule has 2 aliphatic heterocycles. The van der Waals surface area contributed by atoms with E-state index in [1.807, 2.05) is 0 Å². The Morgan fingerprint density at radius 2 is 1.83 bits per heavy atom. The molecular weight excluding hydrogens is 388 g/mol. The average Bonchev–Trinajstić information content (AvgIpc) is 2.99. The zero-order valence-electron chi connectivity index (χ0n) is 16.5. The summed E-state index contributed by atoms with van der Waals surface area (Å²) in [7, 11) is 1.56. The molecule has 1 saturated heterocycles. The molecule has 2 amide bonds. The number of anilines is 1. The van der Waals surface area contributed by atoms with Crippen molar-refractivity contribution in [2.75, 3.05) is 25.1 Å². The molecule has 0 radical (unpaired) electrons. The van der Waals surface area contributed by atoms with Gasteiger partial charge in [0.25, 0.3) is 11.8 Å². The van der Waals surface area contributed by atoms with E-state index in [1.54, 1.807) is 55.6 Å². The van der Waals surface area contributed by atoms with Gasteiger partial charge in [0, 0.05) is 24.2 Å². The molecule has 1 fully saturated rings. The van der Waals surface area contributed by atoms with Gasteiger partial charge in [0.2, 0.25) is 0 Å². The fourth-order valence-corrected chi connectivity index (χ4v) is 4.19. The summed E-state index contributed by atoms with van der Waals surface area (Å²) in [6, 6.07) is 14.1. The summed E-state index contributed by atoms with van der Waals surface area (Å²) in [6.07, 6.45) is 2.13. The molecule has 150 valence electrons. The number of amides is 2. The van der Waals surface area contributed by atoms with Crippen LogP contribution < -0.4 is 9.64 Å². The third-order valence-electron chi connectivity index (χ3n) is 5.48. The Labute approximate surface area is 175 Å². The number of carbonyl (C=O) groups excluding carboxylic acids is 2. The van der Waals surface area contributed by atoms with Crippen LogP contribution in [0.15, 0.2) is 54.2 Å². The van der Waals surface area contributed by atoms with E-state index < -0.39 is 0 Å². The summed E-state index contributed by atoms with van der Waals surface area (Å²) < 4.78 is 5.28. The molecule has 0 aromatic heterocycles. The predicted octanol–water partition coefficient (Wildman–Crippen LogP) is 4.37. The van der Waals surface area contributed by atoms with Crippen LogP contribution >= 0.6 is 11.6 Å². The summed E-state index contributed by atoms with van der Waals surface area (Å²) in [4.78, 5) is 30.3. The molecule has 1 atom stereocenters. The standard InChI is InChI=1S/C23H23ClN2O3/c1-15-5-4-12-25(14-15)21-20(16-8-10-17(24)11-9-16)22(27)26(23(21)28)18-6-3-7-19(13-18)29-2/h3,6-11,13,15H,4-5,12,14H2,1-2H3. The van der Waals surface area contributed by atoms with Crippen molar-refractivity contribution in [2.24, 2.45) is 5.92 Å². The maximum atomic E-state index is 13.5. The van der Waals surface area contributed by atoms with Gasteiger partial charge in [0.05, 0.1) is 18.4 Å². The number of ether oxygens (including phenoxy) is 1. The zero-order chi connectivity index (χ0) is 20.5. The molecule has 5 nitrogen and oxygen atoms in total. The molecule has 2 aromatic rings. The zero-order valence-corrected chi connectivity index (χ0v) is 17.3. The predicted molar refractivity (Wildman–Crippen MR) is 114 cm³/mol. The Morgan fingerprint density at radius 1 is 1.07 bits per heavy atom. The fraction of sp³-hybridized carbons (Fsp3) is 0.304. The summed E-state index contributed by atoms with van der Waals surface area (Å²) in [5, 5.41) is 0.587. The Bertz CT molecular complexity index is 984. The molecule has 4 rings (SSSR count). The molecule has 0 spiro atoms. The highest BCUT2D eigenvalue weighted by atomic mass is 35.5. The fourth-order valence-electron chi connectivity index (χ4n) is 4.06. The molecule has 0 aliphatic carbocycles. The van der Waals surface area contributed by atoms with Gasteiger partial charge in [-0.05, 0) is 48.6 Å². The minimum Gasteiger partial charge on any atom is -0.497 e. The Kier molecular flexibility index (Phi) is 5.33. The first-order valence-electron chi connectivity index (χ1n) is 9.77. The lowest BCUT2D eigenvalue weighted by Crippen LogP contribution is -2.39. The van der Waals surface area contributed by atoms with E-state index in [4.69, 9.17) is 16.3 Å². The minimum atomic E-state index is -0.321. The smallest absolute Gasteiger partial charge is 0.282 e. The van der Waals surface area contributed by atoms with Gasteiger partial charge in [0.15, 0.2) is 0 Å². The van der Waals surface area contributed by atoms with E-state index in [0.29, 0.717) is 39.2 Å². The number of imide groups is 1. The van der Waals surface area contributed by atoms with Gasteiger partial charge in [-0.2, -0.15) is 0 Å². The van der Waals surface area contributed by atoms with Crippen LogP contribution in [-0.2, 0) is 9.59 Å². The van der Waals surface area contributed by atoms with Crippen LogP contribution in [-0.4, -0.2) is 36.9 Å². The number of hydrogen-bond acceptors (Lipinski definition) is 4. The number of methoxy groups -OCH3 is 1. The summed E-state index contributed by atoms with van der Waals surface area (Å²) in [6.45, 7) is 3.70. The number of carbonyl (C=O) groups is 2. The van der Waals surface area contributed by atoms with Crippen molar-refractivity contribution in [1.29, 1.82) is 0 Å². The van der Waals surface area contributed by atoms with E-state index in [9.17, 15) is 9.59 Å². The molecule has 0 bridgehead atoms. The van der Waals surface area contributed by atoms with Crippen molar-refractivity contribution >= 4 is 34.7 Å². The first kappa shape index (κ1) is 19.5. The number of rotatable bonds is 4. The van der Waals surface area contributed by atoms with Crippen molar-refractivity contribution in [2.45, 2.75) is 19.8 Å². The minimum absolute atomic E-state index is 0.290. The Hall–Kier alpha value is -2.79. The highest BCUT2D eigenvalue weighted by molar-refractivity contribution is 6.45. The van der Waals surface area contributed by atoms with Crippen molar-refractivity contribution in [3.05, 3.63) is 64.8 Å². The first-order valence-corrected chi connectivity index (χ1v) is 10.2. The average molecular weight is 411 g/mol. The van der Waals surface area contributed by atoms with Crippen LogP contribution in [0.3, 0.4) is 0 Å². The van der Waals surface area contributed by atoms with Crippen LogP contribution in [0.2, 0.25) is 5.02 Å². The summed E-state index contributed by atoms with van der Waals surface area (Å²) in [5.41, 5.74) is 2.12. The van der Waals surface area contributed by atoms with Gasteiger partial charge in [-0.25, -0.2) is 4.90 Å². The summed E-state index contributed by atoms with van der Waals surface area (Å²) >= 11 is 6.04. The van der Waals surface area contributed by atoms with Crippen molar-refractivity contribution in [3.8, 4) is 5.75 Å². The monoisotopic (exact) mass is 410 g/mol. The first-order chi connectivity index (χ1) is 14.0. The molecule has 1 unspecified atom stereocenters. The quantitative estimate of drug-likeness (QED) is 0.702. The van der Waals surface area contributed by atoms with Crippen molar-refractivity contribution < 1.29 is 14.3 Å². The lowest BCUT2D eigenvalue weighted by molar-refractivity contribution is -0.120. The lowest BCUT2D eigenvalue weighted by Gasteiger charge is -2.33. The van der Waals surface area contributed by atoms with Gasteiger partial charge in [-0.3, -0.25) is 9.59 Å². The molecular formula is C23H23ClN2O3. The number of piperidine rings is 1. The van der Waals surface area contributed by atoms with Crippen LogP contribution in [0.5, 0.6) is 5.75 Å². The maximum absolute atomic E-state index is 13.5. The highest BCUT2D eigenvalue weighted by Gasteiger charge is 2.43. The second-order valence-electron chi connectivity index (χ2n) is 7.57. The Balaban J connectivity index is 1.82. The lowest BCUT2D eigenvalue weighted by atomic mass is 9.98. The van der Waals surface area contributed by atoms with Crippen molar-refractivity contribution in [1.82, 2.24) is 4.90 Å². The Morgan fingerprint density at radius 3 is 2.52 bits per heavy atom. The third-order valence-corrected chi connectivity index (χ3v) is 5.73. The van der Waals surface area contributed by atoms with Gasteiger partial charge < -0.3 is 9.64 Å². The number of benzene rings is 2. The van der Waals surface area contributed by atoms with E-state index in [2.05, 4.69) is 11.8 Å². The number of halogens is 1. The molecule has 6 heteroatoms. The maximum Gasteiger partial charge on any atom is 0.282 e. The van der Waals surface area contributed by atoms with Crippen LogP contribution in [0.25, 0.3) is 5.57 Å². The molecule has 2 heterocycles. The second-order valence-corrected chi connectivity index (χ2v) is 8.01. The molecule has 0 N–H and O–H groups in total. The second kappa shape index (κ2) is 7.91. The van der Waals surface area contributed by atoms with Crippen molar-refractivity contribution in [3.63, 3.8) is 0 Å². The van der Waals surface area contributed by atoms with E-state index in [1.165, 1.54) is 4.90 Å². The van der Waals surface area contributed by atoms with Crippen LogP contribution in [0.4, 0.5) is 5.69 Å². The number of hydrogen-bond donors (Lipinski definition) is 0. The summed E-state index contributed by atoms with van der Waals surface area (Å²) in [5.74, 6) is 0.453. The van der Waals surface area contributed by atoms with Gasteiger partial charge >= 0.3 is 0 Å². The van der Waals surface area contributed by atoms with Crippen LogP contribution in [0.1, 0.15) is 25.3 Å². The largest absolute Gasteiger partial charge is 0.497 e. The third kappa shape index (κ3) is 3.62. The van der Waals surface area contributed by atoms with E-state index in [0.717, 1.165) is 25.9 Å². The molecule has 2 aliphatic rings. The SMILES string of the molecule is COc1cccc(N2C(=O)C(c3ccc(Cl)cc3)=C(N3CCCC(C)C3)C2=O)c1. The molecule has 2 aromatic carbocycles. The molecule has 29 heavy (non-hydrogen) atoms. The van der Waals surface area contributed by atoms with Crippen LogP contribution in [0, 0.1) is 5.92 Å². The van der Waals surface area contributed by atoms with Gasteiger partial charge in [0.1, 0.15) is 11.4 Å². The van der Waals surface area contributed by atoms with Gasteiger partial charge in [-0.15, -0.1) is 0 Å². The van der Waals surface area contributed by atoms with E-state index >= 15 is 0 Å². The highest BCUT2D eigenvalue weighted by Crippen LogP contribution is 2.37. The number of likely N-dealkylation sites (tertiary alicyclic amines) is 1. The normalized spacial score (nSPS) is 19.9. The number of nitrogens with zero attached hydrogens (tertiary/aromatic N) is 2. The topological polar surface area (TPSA) is 49.9 Å². The molecule has 0 saturated carbocycles. The van der Waals surface area contributed by atoms with E-state index in [-0.39, 0.29) is 11.8 Å².